The van der Waals surface area contributed by atoms with Gasteiger partial charge in [0.1, 0.15) is 5.82 Å². The fourth-order valence-corrected chi connectivity index (χ4v) is 3.02. The lowest BCUT2D eigenvalue weighted by Gasteiger charge is -2.13. The van der Waals surface area contributed by atoms with Crippen molar-refractivity contribution < 1.29 is 9.47 Å². The first-order valence-corrected chi connectivity index (χ1v) is 10.2. The third-order valence-electron chi connectivity index (χ3n) is 3.96. The molecule has 1 aliphatic heterocycles. The molecule has 3 N–H and O–H groups in total. The molecule has 0 saturated carbocycles. The molecule has 160 valence electrons. The number of pyridine rings is 1. The van der Waals surface area contributed by atoms with Crippen molar-refractivity contribution in [1.82, 2.24) is 15.6 Å². The summed E-state index contributed by atoms with van der Waals surface area (Å²) in [6.07, 6.45) is 3.57. The van der Waals surface area contributed by atoms with Crippen molar-refractivity contribution in [3.05, 3.63) is 22.3 Å². The van der Waals surface area contributed by atoms with E-state index in [2.05, 4.69) is 25.9 Å². The molecule has 0 aromatic carbocycles. The predicted molar refractivity (Wildman–Crippen MR) is 127 cm³/mol. The van der Waals surface area contributed by atoms with E-state index in [1.165, 1.54) is 0 Å². The lowest BCUT2D eigenvalue weighted by atomic mass is 10.1. The smallest absolute Gasteiger partial charge is 0.191 e. The van der Waals surface area contributed by atoms with Gasteiger partial charge in [0.25, 0.3) is 0 Å². The molecule has 0 spiro atoms. The van der Waals surface area contributed by atoms with E-state index in [1.807, 2.05) is 6.92 Å². The average Bonchev–Trinajstić information content (AvgIpc) is 3.16. The van der Waals surface area contributed by atoms with E-state index >= 15 is 0 Å². The van der Waals surface area contributed by atoms with Gasteiger partial charge in [0.05, 0.1) is 23.3 Å². The number of ether oxygens (including phenoxy) is 2. The second-order valence-electron chi connectivity index (χ2n) is 6.26. The number of guanidine groups is 1. The Hall–Kier alpha value is -0.550. The predicted octanol–water partition coefficient (Wildman–Crippen LogP) is 3.42. The van der Waals surface area contributed by atoms with Crippen molar-refractivity contribution in [2.75, 3.05) is 57.9 Å². The van der Waals surface area contributed by atoms with Crippen molar-refractivity contribution in [3.8, 4) is 0 Å². The van der Waals surface area contributed by atoms with Crippen molar-refractivity contribution in [2.24, 2.45) is 10.9 Å². The van der Waals surface area contributed by atoms with Crippen LogP contribution in [0, 0.1) is 5.92 Å². The second-order valence-corrected chi connectivity index (χ2v) is 7.10. The highest BCUT2D eigenvalue weighted by Gasteiger charge is 2.15. The van der Waals surface area contributed by atoms with Gasteiger partial charge in [0.2, 0.25) is 0 Å². The maximum Gasteiger partial charge on any atom is 0.191 e. The zero-order valence-corrected chi connectivity index (χ0v) is 20.0. The number of nitrogens with one attached hydrogen (secondary N) is 3. The molecule has 0 amide bonds. The van der Waals surface area contributed by atoms with Crippen LogP contribution in [0.25, 0.3) is 0 Å². The van der Waals surface area contributed by atoms with Crippen LogP contribution < -0.4 is 16.0 Å². The fourth-order valence-electron chi connectivity index (χ4n) is 2.57. The van der Waals surface area contributed by atoms with Crippen molar-refractivity contribution in [2.45, 2.75) is 19.8 Å². The molecule has 28 heavy (non-hydrogen) atoms. The monoisotopic (exact) mass is 545 g/mol. The van der Waals surface area contributed by atoms with Crippen molar-refractivity contribution >= 4 is 59.0 Å². The quantitative estimate of drug-likeness (QED) is 0.171. The Bertz CT molecular complexity index is 589. The van der Waals surface area contributed by atoms with Gasteiger partial charge in [0, 0.05) is 51.5 Å². The van der Waals surface area contributed by atoms with Gasteiger partial charge >= 0.3 is 0 Å². The Balaban J connectivity index is 0.00000392. The third kappa shape index (κ3) is 10.3. The first-order valence-electron chi connectivity index (χ1n) is 9.41. The summed E-state index contributed by atoms with van der Waals surface area (Å²) in [5, 5.41) is 10.7. The van der Waals surface area contributed by atoms with Crippen LogP contribution in [0.2, 0.25) is 10.0 Å². The Morgan fingerprint density at radius 1 is 1.36 bits per heavy atom. The molecule has 0 radical (unpaired) electrons. The van der Waals surface area contributed by atoms with Gasteiger partial charge < -0.3 is 25.4 Å². The zero-order valence-electron chi connectivity index (χ0n) is 16.2. The molecule has 2 heterocycles. The van der Waals surface area contributed by atoms with E-state index < -0.39 is 0 Å². The fraction of sp³-hybridized carbons (Fsp3) is 0.667. The topological polar surface area (TPSA) is 79.8 Å². The highest BCUT2D eigenvalue weighted by molar-refractivity contribution is 14.0. The minimum absolute atomic E-state index is 0. The van der Waals surface area contributed by atoms with Crippen LogP contribution in [0.5, 0.6) is 0 Å². The molecule has 7 nitrogen and oxygen atoms in total. The van der Waals surface area contributed by atoms with Crippen LogP contribution in [0.15, 0.2) is 17.3 Å². The summed E-state index contributed by atoms with van der Waals surface area (Å²) >= 11 is 11.9. The SMILES string of the molecule is CCNC(=NCCCOCC1CCOC1)NCCNc1ncc(Cl)cc1Cl.I. The molecule has 1 atom stereocenters. The standard InChI is InChI=1S/C18H29Cl2N5O2.HI/c1-2-21-18(23-5-3-8-26-12-14-4-9-27-13-14)24-7-6-22-17-16(20)10-15(19)11-25-17;/h10-11,14H,2-9,12-13H2,1H3,(H,22,25)(H2,21,23,24);1H. The normalized spacial score (nSPS) is 16.5. The van der Waals surface area contributed by atoms with E-state index in [9.17, 15) is 0 Å². The molecule has 0 bridgehead atoms. The molecule has 1 saturated heterocycles. The van der Waals surface area contributed by atoms with Gasteiger partial charge in [-0.3, -0.25) is 4.99 Å². The summed E-state index contributed by atoms with van der Waals surface area (Å²) in [7, 11) is 0. The van der Waals surface area contributed by atoms with Crippen LogP contribution in [0.3, 0.4) is 0 Å². The van der Waals surface area contributed by atoms with Gasteiger partial charge in [-0.25, -0.2) is 4.98 Å². The summed E-state index contributed by atoms with van der Waals surface area (Å²) in [5.41, 5.74) is 0. The molecule has 1 aromatic rings. The van der Waals surface area contributed by atoms with E-state index in [0.717, 1.165) is 51.8 Å². The van der Waals surface area contributed by atoms with Gasteiger partial charge in [-0.2, -0.15) is 0 Å². The number of anilines is 1. The first kappa shape index (κ1) is 25.5. The van der Waals surface area contributed by atoms with Crippen molar-refractivity contribution in [3.63, 3.8) is 0 Å². The minimum Gasteiger partial charge on any atom is -0.381 e. The molecular formula is C18H30Cl2IN5O2. The molecule has 0 aliphatic carbocycles. The number of nitrogens with zero attached hydrogens (tertiary/aromatic N) is 2. The van der Waals surface area contributed by atoms with Gasteiger partial charge in [-0.1, -0.05) is 23.2 Å². The van der Waals surface area contributed by atoms with Crippen LogP contribution in [-0.2, 0) is 9.47 Å². The van der Waals surface area contributed by atoms with E-state index in [0.29, 0.717) is 41.4 Å². The summed E-state index contributed by atoms with van der Waals surface area (Å²) < 4.78 is 11.0. The van der Waals surface area contributed by atoms with Gasteiger partial charge in [0.15, 0.2) is 5.96 Å². The number of hydrogen-bond acceptors (Lipinski definition) is 5. The Morgan fingerprint density at radius 2 is 2.21 bits per heavy atom. The molecule has 1 unspecified atom stereocenters. The Kier molecular flexibility index (Phi) is 13.9. The van der Waals surface area contributed by atoms with E-state index in [4.69, 9.17) is 32.7 Å². The van der Waals surface area contributed by atoms with Crippen LogP contribution in [0.4, 0.5) is 5.82 Å². The molecule has 2 rings (SSSR count). The summed E-state index contributed by atoms with van der Waals surface area (Å²) in [5.74, 6) is 1.97. The maximum absolute atomic E-state index is 6.09. The first-order chi connectivity index (χ1) is 13.2. The molecule has 1 aliphatic rings. The molecule has 10 heteroatoms. The molecule has 1 fully saturated rings. The second kappa shape index (κ2) is 15.3. The maximum atomic E-state index is 6.09. The third-order valence-corrected chi connectivity index (χ3v) is 4.45. The summed E-state index contributed by atoms with van der Waals surface area (Å²) in [6, 6.07) is 1.67. The largest absolute Gasteiger partial charge is 0.381 e. The highest BCUT2D eigenvalue weighted by atomic mass is 127. The van der Waals surface area contributed by atoms with E-state index in [1.54, 1.807) is 12.3 Å². The average molecular weight is 546 g/mol. The summed E-state index contributed by atoms with van der Waals surface area (Å²) in [4.78, 5) is 8.73. The molecular weight excluding hydrogens is 516 g/mol. The Labute approximate surface area is 194 Å². The number of rotatable bonds is 11. The minimum atomic E-state index is 0. The number of aromatic nitrogens is 1. The number of hydrogen-bond donors (Lipinski definition) is 3. The zero-order chi connectivity index (χ0) is 19.3. The van der Waals surface area contributed by atoms with Crippen LogP contribution in [0.1, 0.15) is 19.8 Å². The Morgan fingerprint density at radius 3 is 2.93 bits per heavy atom. The lowest BCUT2D eigenvalue weighted by Crippen LogP contribution is -2.39. The number of halogens is 3. The van der Waals surface area contributed by atoms with E-state index in [-0.39, 0.29) is 24.0 Å². The lowest BCUT2D eigenvalue weighted by molar-refractivity contribution is 0.0893. The van der Waals surface area contributed by atoms with Gasteiger partial charge in [-0.05, 0) is 25.8 Å². The number of aliphatic imine (C=N–C) groups is 1. The van der Waals surface area contributed by atoms with Gasteiger partial charge in [-0.15, -0.1) is 24.0 Å². The van der Waals surface area contributed by atoms with Crippen LogP contribution >= 0.6 is 47.2 Å². The highest BCUT2D eigenvalue weighted by Crippen LogP contribution is 2.21. The molecule has 1 aromatic heterocycles. The van der Waals surface area contributed by atoms with Crippen molar-refractivity contribution in [1.29, 1.82) is 0 Å². The summed E-state index contributed by atoms with van der Waals surface area (Å²) in [6.45, 7) is 8.12. The van der Waals surface area contributed by atoms with Crippen LogP contribution in [-0.4, -0.2) is 63.6 Å².